The molecule has 1 nitrogen and oxygen atoms in total. The normalized spacial score (nSPS) is 11.9. The van der Waals surface area contributed by atoms with Gasteiger partial charge in [-0.2, -0.15) is 0 Å². The number of allylic oxidation sites excluding steroid dienone is 5. The summed E-state index contributed by atoms with van der Waals surface area (Å²) >= 11 is 0. The Balaban J connectivity index is 0.000000324. The second-order valence-corrected chi connectivity index (χ2v) is 12.6. The van der Waals surface area contributed by atoms with Crippen molar-refractivity contribution in [1.82, 2.24) is 0 Å². The minimum atomic E-state index is -2.15. The van der Waals surface area contributed by atoms with Crippen LogP contribution in [0.3, 0.4) is 0 Å². The van der Waals surface area contributed by atoms with E-state index in [4.69, 9.17) is 4.74 Å². The molecule has 39 heavy (non-hydrogen) atoms. The molecule has 0 aromatic heterocycles. The van der Waals surface area contributed by atoms with Gasteiger partial charge in [0.15, 0.2) is 0 Å². The van der Waals surface area contributed by atoms with E-state index in [1.165, 1.54) is 32.6 Å². The van der Waals surface area contributed by atoms with E-state index in [1.54, 1.807) is 6.08 Å². The van der Waals surface area contributed by atoms with Gasteiger partial charge in [-0.15, -0.1) is 0 Å². The van der Waals surface area contributed by atoms with Gasteiger partial charge in [0.1, 0.15) is 0 Å². The Kier molecular flexibility index (Phi) is 11.1. The number of aryl methyl sites for hydroxylation is 3. The van der Waals surface area contributed by atoms with Crippen LogP contribution in [0, 0.1) is 20.8 Å². The van der Waals surface area contributed by atoms with Gasteiger partial charge in [0.25, 0.3) is 0 Å². The molecule has 1 aliphatic rings. The molecular formula is C36H36NPTi. The first kappa shape index (κ1) is 30.3. The molecule has 3 heteroatoms. The fraction of sp³-hybridized carbons (Fsp3) is 0.111. The zero-order valence-electron chi connectivity index (χ0n) is 23.1. The van der Waals surface area contributed by atoms with Crippen LogP contribution >= 0.6 is 7.05 Å². The molecule has 194 valence electrons. The molecule has 0 saturated carbocycles. The number of hydrogen-bond acceptors (Lipinski definition) is 1. The van der Waals surface area contributed by atoms with Crippen molar-refractivity contribution >= 4 is 28.5 Å². The first-order valence-corrected chi connectivity index (χ1v) is 14.7. The van der Waals surface area contributed by atoms with Gasteiger partial charge in [-0.1, -0.05) is 151 Å². The van der Waals surface area contributed by atoms with Crippen LogP contribution in [0.15, 0.2) is 151 Å². The molecule has 0 radical (unpaired) electrons. The SMILES string of the molecule is C=CC(=C)c1ccccc1.Cc1ccc(P(=NC2=CC=CC2)(c2ccc(C)cc2)c2ccc(C)cc2)cc1.[Ti]. The summed E-state index contributed by atoms with van der Waals surface area (Å²) < 4.78 is 5.52. The Morgan fingerprint density at radius 3 is 1.49 bits per heavy atom. The van der Waals surface area contributed by atoms with Gasteiger partial charge in [-0.25, -0.2) is 0 Å². The Labute approximate surface area is 249 Å². The minimum Gasteiger partial charge on any atom is -0.258 e. The fourth-order valence-electron chi connectivity index (χ4n) is 4.37. The maximum absolute atomic E-state index is 5.52. The van der Waals surface area contributed by atoms with Crippen LogP contribution in [0.1, 0.15) is 28.7 Å². The molecule has 1 aliphatic carbocycles. The first-order valence-electron chi connectivity index (χ1n) is 13.0. The Morgan fingerprint density at radius 2 is 1.13 bits per heavy atom. The number of hydrogen-bond donors (Lipinski definition) is 0. The van der Waals surface area contributed by atoms with E-state index in [2.05, 4.69) is 125 Å². The summed E-state index contributed by atoms with van der Waals surface area (Å²) in [6.45, 7) is 13.9. The van der Waals surface area contributed by atoms with Crippen molar-refractivity contribution in [2.24, 2.45) is 4.74 Å². The quantitative estimate of drug-likeness (QED) is 0.127. The second-order valence-electron chi connectivity index (χ2n) is 9.63. The maximum atomic E-state index is 5.52. The van der Waals surface area contributed by atoms with Gasteiger partial charge in [0.05, 0.1) is 7.05 Å². The van der Waals surface area contributed by atoms with Gasteiger partial charge >= 0.3 is 0 Å². The molecular weight excluding hydrogens is 525 g/mol. The van der Waals surface area contributed by atoms with E-state index < -0.39 is 7.05 Å². The standard InChI is InChI=1S/C26H26NP.C10H10.Ti/c1-20-8-14-24(15-9-20)28(27-23-6-4-5-7-23,25-16-10-21(2)11-17-25)26-18-12-22(3)13-19-26;1-3-9(2)10-7-5-4-6-8-10;/h4-6,8-19H,7H2,1-3H3;3-8H,1-2H2;. The van der Waals surface area contributed by atoms with Crippen molar-refractivity contribution in [2.75, 3.05) is 0 Å². The molecule has 0 fully saturated rings. The molecule has 0 spiro atoms. The van der Waals surface area contributed by atoms with Crippen LogP contribution in [-0.4, -0.2) is 0 Å². The number of rotatable bonds is 6. The number of nitrogens with zero attached hydrogens (tertiary/aromatic N) is 1. The first-order chi connectivity index (χ1) is 18.4. The molecule has 0 bridgehead atoms. The Hall–Kier alpha value is -3.22. The zero-order valence-corrected chi connectivity index (χ0v) is 25.6. The fourth-order valence-corrected chi connectivity index (χ4v) is 7.89. The summed E-state index contributed by atoms with van der Waals surface area (Å²) in [6.07, 6.45) is 9.13. The van der Waals surface area contributed by atoms with Crippen LogP contribution in [0.2, 0.25) is 0 Å². The summed E-state index contributed by atoms with van der Waals surface area (Å²) in [5.74, 6) is 0. The summed E-state index contributed by atoms with van der Waals surface area (Å²) in [7, 11) is -2.15. The van der Waals surface area contributed by atoms with Gasteiger partial charge in [-0.05, 0) is 38.0 Å². The molecule has 0 heterocycles. The molecule has 0 N–H and O–H groups in total. The maximum Gasteiger partial charge on any atom is 0.0608 e. The van der Waals surface area contributed by atoms with Crippen molar-refractivity contribution in [3.8, 4) is 0 Å². The second kappa shape index (κ2) is 14.2. The van der Waals surface area contributed by atoms with E-state index in [9.17, 15) is 0 Å². The average molecular weight is 562 g/mol. The zero-order chi connectivity index (χ0) is 27.0. The van der Waals surface area contributed by atoms with Crippen molar-refractivity contribution in [3.05, 3.63) is 169 Å². The van der Waals surface area contributed by atoms with Crippen LogP contribution < -0.4 is 15.9 Å². The average Bonchev–Trinajstić information content (AvgIpc) is 3.47. The molecule has 5 rings (SSSR count). The molecule has 0 aliphatic heterocycles. The van der Waals surface area contributed by atoms with Gasteiger partial charge in [-0.3, -0.25) is 4.74 Å². The molecule has 0 amide bonds. The Morgan fingerprint density at radius 1 is 0.692 bits per heavy atom. The van der Waals surface area contributed by atoms with Crippen LogP contribution in [-0.2, 0) is 21.7 Å². The van der Waals surface area contributed by atoms with E-state index in [0.717, 1.165) is 23.3 Å². The third-order valence-corrected chi connectivity index (χ3v) is 10.3. The third kappa shape index (κ3) is 7.46. The van der Waals surface area contributed by atoms with E-state index >= 15 is 0 Å². The molecule has 0 saturated heterocycles. The van der Waals surface area contributed by atoms with E-state index in [1.807, 2.05) is 30.3 Å². The largest absolute Gasteiger partial charge is 0.258 e. The van der Waals surface area contributed by atoms with E-state index in [-0.39, 0.29) is 21.7 Å². The van der Waals surface area contributed by atoms with E-state index in [0.29, 0.717) is 0 Å². The molecule has 0 unspecified atom stereocenters. The summed E-state index contributed by atoms with van der Waals surface area (Å²) in [5.41, 5.74) is 7.09. The van der Waals surface area contributed by atoms with Gasteiger partial charge in [0, 0.05) is 49.7 Å². The monoisotopic (exact) mass is 561 g/mol. The Bertz CT molecular complexity index is 1390. The molecule has 4 aromatic carbocycles. The summed E-state index contributed by atoms with van der Waals surface area (Å²) in [4.78, 5) is 0. The van der Waals surface area contributed by atoms with Crippen LogP contribution in [0.4, 0.5) is 0 Å². The van der Waals surface area contributed by atoms with Crippen molar-refractivity contribution in [1.29, 1.82) is 0 Å². The van der Waals surface area contributed by atoms with Gasteiger partial charge < -0.3 is 0 Å². The summed E-state index contributed by atoms with van der Waals surface area (Å²) in [5, 5.41) is 3.91. The van der Waals surface area contributed by atoms with Crippen molar-refractivity contribution in [2.45, 2.75) is 27.2 Å². The molecule has 4 aromatic rings. The number of benzene rings is 4. The smallest absolute Gasteiger partial charge is 0.0608 e. The van der Waals surface area contributed by atoms with Crippen molar-refractivity contribution < 1.29 is 21.7 Å². The van der Waals surface area contributed by atoms with Crippen molar-refractivity contribution in [3.63, 3.8) is 0 Å². The van der Waals surface area contributed by atoms with Crippen LogP contribution in [0.25, 0.3) is 5.57 Å². The minimum absolute atomic E-state index is 0. The predicted octanol–water partition coefficient (Wildman–Crippen LogP) is 8.82. The topological polar surface area (TPSA) is 12.4 Å². The third-order valence-electron chi connectivity index (χ3n) is 6.64. The van der Waals surface area contributed by atoms with Crippen LogP contribution in [0.5, 0.6) is 0 Å². The summed E-state index contributed by atoms with van der Waals surface area (Å²) in [6, 6.07) is 36.9. The van der Waals surface area contributed by atoms with Gasteiger partial charge in [0.2, 0.25) is 0 Å². The molecule has 0 atom stereocenters. The predicted molar refractivity (Wildman–Crippen MR) is 169 cm³/mol.